The second-order valence-corrected chi connectivity index (χ2v) is 11.6. The molecular weight excluding hydrogens is 522 g/mol. The molecule has 0 atom stereocenters. The average Bonchev–Trinajstić information content (AvgIpc) is 3.40. The van der Waals surface area contributed by atoms with Gasteiger partial charge in [-0.25, -0.2) is 4.98 Å². The van der Waals surface area contributed by atoms with Gasteiger partial charge < -0.3 is 15.0 Å². The normalized spacial score (nSPS) is 16.2. The quantitative estimate of drug-likeness (QED) is 0.398. The zero-order valence-corrected chi connectivity index (χ0v) is 23.0. The number of ether oxygens (including phenoxy) is 1. The van der Waals surface area contributed by atoms with Crippen molar-refractivity contribution in [3.05, 3.63) is 74.7 Å². The first-order valence-electron chi connectivity index (χ1n) is 12.9. The van der Waals surface area contributed by atoms with E-state index in [1.54, 1.807) is 43.5 Å². The zero-order valence-electron chi connectivity index (χ0n) is 21.5. The van der Waals surface area contributed by atoms with Crippen LogP contribution in [0.2, 0.25) is 5.02 Å². The van der Waals surface area contributed by atoms with Crippen molar-refractivity contribution in [1.82, 2.24) is 9.88 Å². The molecule has 1 N–H and O–H groups in total. The molecule has 7 nitrogen and oxygen atoms in total. The van der Waals surface area contributed by atoms with Crippen LogP contribution in [0, 0.1) is 0 Å². The highest BCUT2D eigenvalue weighted by atomic mass is 35.5. The highest BCUT2D eigenvalue weighted by Crippen LogP contribution is 2.33. The van der Waals surface area contributed by atoms with Crippen LogP contribution in [0.1, 0.15) is 76.9 Å². The number of para-hydroxylation sites is 1. The van der Waals surface area contributed by atoms with Gasteiger partial charge in [0, 0.05) is 42.1 Å². The molecule has 2 aliphatic rings. The second-order valence-electron chi connectivity index (χ2n) is 10.3. The van der Waals surface area contributed by atoms with Crippen molar-refractivity contribution in [2.24, 2.45) is 0 Å². The molecule has 0 bridgehead atoms. The Kier molecular flexibility index (Phi) is 7.54. The van der Waals surface area contributed by atoms with Gasteiger partial charge in [0.25, 0.3) is 11.8 Å². The fourth-order valence-electron chi connectivity index (χ4n) is 5.06. The Labute approximate surface area is 231 Å². The maximum atomic E-state index is 13.2. The van der Waals surface area contributed by atoms with Crippen molar-refractivity contribution in [2.45, 2.75) is 57.5 Å². The summed E-state index contributed by atoms with van der Waals surface area (Å²) in [6.45, 7) is 4.70. The monoisotopic (exact) mass is 551 g/mol. The minimum absolute atomic E-state index is 0.0816. The SMILES string of the molecule is CC(C)(Oc1ccccc1Cl)C(=O)N1CCC(c2nc(C(=O)Nc3ccc4c(c3)CCCC4=O)cs2)CC1. The predicted octanol–water partition coefficient (Wildman–Crippen LogP) is 6.13. The van der Waals surface area contributed by atoms with Crippen LogP contribution >= 0.6 is 22.9 Å². The topological polar surface area (TPSA) is 88.6 Å². The number of nitrogens with zero attached hydrogens (tertiary/aromatic N) is 2. The number of aromatic nitrogens is 1. The zero-order chi connectivity index (χ0) is 26.9. The number of piperidine rings is 1. The first-order valence-corrected chi connectivity index (χ1v) is 14.1. The maximum absolute atomic E-state index is 13.2. The molecule has 2 heterocycles. The fraction of sp³-hybridized carbons (Fsp3) is 0.379. The van der Waals surface area contributed by atoms with E-state index in [1.165, 1.54) is 11.3 Å². The second kappa shape index (κ2) is 10.9. The number of benzene rings is 2. The number of anilines is 1. The van der Waals surface area contributed by atoms with Crippen LogP contribution < -0.4 is 10.1 Å². The number of thiazole rings is 1. The van der Waals surface area contributed by atoms with Gasteiger partial charge in [-0.3, -0.25) is 14.4 Å². The van der Waals surface area contributed by atoms with Gasteiger partial charge in [-0.2, -0.15) is 0 Å². The molecule has 1 saturated heterocycles. The molecule has 38 heavy (non-hydrogen) atoms. The van der Waals surface area contributed by atoms with Crippen molar-refractivity contribution >= 4 is 46.2 Å². The Morgan fingerprint density at radius 3 is 2.66 bits per heavy atom. The summed E-state index contributed by atoms with van der Waals surface area (Å²) in [5.74, 6) is 0.494. The summed E-state index contributed by atoms with van der Waals surface area (Å²) < 4.78 is 5.98. The summed E-state index contributed by atoms with van der Waals surface area (Å²) in [4.78, 5) is 44.6. The lowest BCUT2D eigenvalue weighted by Gasteiger charge is -2.36. The van der Waals surface area contributed by atoms with E-state index < -0.39 is 5.60 Å². The highest BCUT2D eigenvalue weighted by Gasteiger charge is 2.37. The van der Waals surface area contributed by atoms with Gasteiger partial charge in [0.1, 0.15) is 11.4 Å². The van der Waals surface area contributed by atoms with Crippen LogP contribution in [-0.2, 0) is 11.2 Å². The average molecular weight is 552 g/mol. The van der Waals surface area contributed by atoms with Crippen LogP contribution in [0.5, 0.6) is 5.75 Å². The third-order valence-corrected chi connectivity index (χ3v) is 8.44. The minimum atomic E-state index is -1.05. The molecule has 0 radical (unpaired) electrons. The van der Waals surface area contributed by atoms with E-state index in [-0.39, 0.29) is 23.5 Å². The van der Waals surface area contributed by atoms with Crippen LogP contribution in [0.3, 0.4) is 0 Å². The van der Waals surface area contributed by atoms with Crippen molar-refractivity contribution in [3.8, 4) is 5.75 Å². The van der Waals surface area contributed by atoms with E-state index in [0.717, 1.165) is 41.8 Å². The third kappa shape index (κ3) is 5.61. The molecule has 0 spiro atoms. The number of likely N-dealkylation sites (tertiary alicyclic amines) is 1. The summed E-state index contributed by atoms with van der Waals surface area (Å²) in [5.41, 5.74) is 1.75. The summed E-state index contributed by atoms with van der Waals surface area (Å²) in [7, 11) is 0. The largest absolute Gasteiger partial charge is 0.476 e. The van der Waals surface area contributed by atoms with E-state index >= 15 is 0 Å². The van der Waals surface area contributed by atoms with E-state index in [9.17, 15) is 14.4 Å². The molecule has 5 rings (SSSR count). The summed E-state index contributed by atoms with van der Waals surface area (Å²) >= 11 is 7.69. The molecule has 3 aromatic rings. The Balaban J connectivity index is 1.17. The molecule has 1 aromatic heterocycles. The van der Waals surface area contributed by atoms with Crippen LogP contribution in [-0.4, -0.2) is 46.2 Å². The number of hydrogen-bond donors (Lipinski definition) is 1. The van der Waals surface area contributed by atoms with Crippen molar-refractivity contribution in [3.63, 3.8) is 0 Å². The standard InChI is InChI=1S/C29H30ClN3O4S/c1-29(2,37-25-9-4-3-7-22(25)30)28(36)33-14-12-18(13-15-33)27-32-23(17-38-27)26(35)31-20-10-11-21-19(16-20)6-5-8-24(21)34/h3-4,7,9-11,16-18H,5-6,8,12-15H2,1-2H3,(H,31,35). The lowest BCUT2D eigenvalue weighted by atomic mass is 9.90. The number of aryl methyl sites for hydroxylation is 1. The van der Waals surface area contributed by atoms with Gasteiger partial charge >= 0.3 is 0 Å². The van der Waals surface area contributed by atoms with Gasteiger partial charge in [-0.05, 0) is 75.4 Å². The molecule has 2 aromatic carbocycles. The minimum Gasteiger partial charge on any atom is -0.476 e. The Bertz CT molecular complexity index is 1380. The van der Waals surface area contributed by atoms with Gasteiger partial charge in [-0.1, -0.05) is 23.7 Å². The van der Waals surface area contributed by atoms with Gasteiger partial charge in [0.15, 0.2) is 11.4 Å². The Hall–Kier alpha value is -3.23. The molecule has 2 amide bonds. The number of rotatable bonds is 6. The van der Waals surface area contributed by atoms with E-state index in [4.69, 9.17) is 16.3 Å². The number of fused-ring (bicyclic) bond motifs is 1. The molecule has 1 aliphatic carbocycles. The molecule has 1 fully saturated rings. The maximum Gasteiger partial charge on any atom is 0.275 e. The third-order valence-electron chi connectivity index (χ3n) is 7.12. The van der Waals surface area contributed by atoms with Gasteiger partial charge in [-0.15, -0.1) is 11.3 Å². The van der Waals surface area contributed by atoms with E-state index in [0.29, 0.717) is 41.7 Å². The van der Waals surface area contributed by atoms with Crippen LogP contribution in [0.4, 0.5) is 5.69 Å². The van der Waals surface area contributed by atoms with E-state index in [2.05, 4.69) is 10.3 Å². The molecule has 0 unspecified atom stereocenters. The van der Waals surface area contributed by atoms with Gasteiger partial charge in [0.2, 0.25) is 0 Å². The number of carbonyl (C=O) groups excluding carboxylic acids is 3. The van der Waals surface area contributed by atoms with Crippen LogP contribution in [0.25, 0.3) is 0 Å². The smallest absolute Gasteiger partial charge is 0.275 e. The highest BCUT2D eigenvalue weighted by molar-refractivity contribution is 7.10. The number of carbonyl (C=O) groups is 3. The number of halogens is 1. The van der Waals surface area contributed by atoms with Crippen molar-refractivity contribution in [2.75, 3.05) is 18.4 Å². The van der Waals surface area contributed by atoms with Crippen molar-refractivity contribution < 1.29 is 19.1 Å². The number of Topliss-reactive ketones (excluding diaryl/α,β-unsaturated/α-hetero) is 1. The summed E-state index contributed by atoms with van der Waals surface area (Å²) in [6, 6.07) is 12.6. The fourth-order valence-corrected chi connectivity index (χ4v) is 6.20. The molecule has 0 saturated carbocycles. The summed E-state index contributed by atoms with van der Waals surface area (Å²) in [5, 5.41) is 6.08. The Morgan fingerprint density at radius 1 is 1.13 bits per heavy atom. The lowest BCUT2D eigenvalue weighted by Crippen LogP contribution is -2.51. The molecular formula is C29H30ClN3O4S. The Morgan fingerprint density at radius 2 is 1.89 bits per heavy atom. The van der Waals surface area contributed by atoms with Gasteiger partial charge in [0.05, 0.1) is 10.0 Å². The van der Waals surface area contributed by atoms with Crippen LogP contribution in [0.15, 0.2) is 47.8 Å². The molecule has 1 aliphatic heterocycles. The first-order chi connectivity index (χ1) is 18.2. The number of hydrogen-bond acceptors (Lipinski definition) is 6. The predicted molar refractivity (Wildman–Crippen MR) is 148 cm³/mol. The lowest BCUT2D eigenvalue weighted by molar-refractivity contribution is -0.146. The number of amides is 2. The van der Waals surface area contributed by atoms with E-state index in [1.807, 2.05) is 23.1 Å². The number of ketones is 1. The summed E-state index contributed by atoms with van der Waals surface area (Å²) in [6.07, 6.45) is 3.80. The number of nitrogens with one attached hydrogen (secondary N) is 1. The first kappa shape index (κ1) is 26.4. The molecule has 198 valence electrons. The van der Waals surface area contributed by atoms with Crippen molar-refractivity contribution in [1.29, 1.82) is 0 Å². The molecule has 9 heteroatoms.